The molecule has 5 heteroatoms. The summed E-state index contributed by atoms with van der Waals surface area (Å²) in [5.41, 5.74) is 8.03. The molecule has 2 N–H and O–H groups in total. The average molecular weight is 327 g/mol. The number of hydrogen-bond donors (Lipinski definition) is 1. The van der Waals surface area contributed by atoms with E-state index in [1.807, 2.05) is 42.2 Å². The Balaban J connectivity index is 1.63. The Labute approximate surface area is 140 Å². The third-order valence-electron chi connectivity index (χ3n) is 5.18. The standard InChI is InChI=1S/C18H21N3OS/c1-11-20-16(12-5-3-2-4-6-12)17(23-11)18(22)21-9-13-7-8-15(19)14(13)10-21/h2-6,13-15H,7-10,19H2,1H3. The largest absolute Gasteiger partial charge is 0.337 e. The lowest BCUT2D eigenvalue weighted by Crippen LogP contribution is -2.33. The fourth-order valence-electron chi connectivity index (χ4n) is 3.98. The number of fused-ring (bicyclic) bond motifs is 1. The SMILES string of the molecule is Cc1nc(-c2ccccc2)c(C(=O)N2CC3CCC(N)C3C2)s1. The summed E-state index contributed by atoms with van der Waals surface area (Å²) in [6.07, 6.45) is 2.26. The molecule has 3 unspecified atom stereocenters. The monoisotopic (exact) mass is 327 g/mol. The van der Waals surface area contributed by atoms with Gasteiger partial charge >= 0.3 is 0 Å². The molecule has 4 rings (SSSR count). The van der Waals surface area contributed by atoms with E-state index in [9.17, 15) is 4.79 Å². The normalized spacial score (nSPS) is 26.5. The molecule has 1 aliphatic heterocycles. The zero-order chi connectivity index (χ0) is 16.0. The highest BCUT2D eigenvalue weighted by atomic mass is 32.1. The number of carbonyl (C=O) groups excluding carboxylic acids is 1. The number of carbonyl (C=O) groups is 1. The van der Waals surface area contributed by atoms with E-state index in [0.717, 1.165) is 47.1 Å². The van der Waals surface area contributed by atoms with Crippen LogP contribution in [-0.4, -0.2) is 34.9 Å². The molecule has 120 valence electrons. The number of hydrogen-bond acceptors (Lipinski definition) is 4. The van der Waals surface area contributed by atoms with Crippen LogP contribution in [0.4, 0.5) is 0 Å². The van der Waals surface area contributed by atoms with Gasteiger partial charge in [0.2, 0.25) is 0 Å². The molecule has 1 aromatic heterocycles. The van der Waals surface area contributed by atoms with Crippen molar-refractivity contribution in [1.29, 1.82) is 0 Å². The molecular formula is C18H21N3OS. The van der Waals surface area contributed by atoms with Crippen LogP contribution in [0.5, 0.6) is 0 Å². The lowest BCUT2D eigenvalue weighted by Gasteiger charge is -2.18. The maximum atomic E-state index is 13.0. The first-order chi connectivity index (χ1) is 11.1. The van der Waals surface area contributed by atoms with Crippen molar-refractivity contribution in [2.24, 2.45) is 17.6 Å². The van der Waals surface area contributed by atoms with Gasteiger partial charge in [-0.1, -0.05) is 30.3 Å². The summed E-state index contributed by atoms with van der Waals surface area (Å²) in [7, 11) is 0. The van der Waals surface area contributed by atoms with Crippen molar-refractivity contribution in [3.8, 4) is 11.3 Å². The molecule has 1 amide bonds. The van der Waals surface area contributed by atoms with Crippen molar-refractivity contribution in [2.45, 2.75) is 25.8 Å². The van der Waals surface area contributed by atoms with Gasteiger partial charge in [0.1, 0.15) is 4.88 Å². The van der Waals surface area contributed by atoms with Crippen molar-refractivity contribution in [1.82, 2.24) is 9.88 Å². The van der Waals surface area contributed by atoms with E-state index < -0.39 is 0 Å². The van der Waals surface area contributed by atoms with E-state index in [0.29, 0.717) is 11.8 Å². The summed E-state index contributed by atoms with van der Waals surface area (Å²) < 4.78 is 0. The van der Waals surface area contributed by atoms with Gasteiger partial charge in [0.15, 0.2) is 0 Å². The molecule has 2 fully saturated rings. The second-order valence-electron chi connectivity index (χ2n) is 6.65. The Morgan fingerprint density at radius 3 is 2.78 bits per heavy atom. The minimum Gasteiger partial charge on any atom is -0.337 e. The molecule has 1 aromatic carbocycles. The number of thiazole rings is 1. The topological polar surface area (TPSA) is 59.2 Å². The van der Waals surface area contributed by atoms with Crippen LogP contribution in [-0.2, 0) is 0 Å². The highest BCUT2D eigenvalue weighted by molar-refractivity contribution is 7.14. The lowest BCUT2D eigenvalue weighted by atomic mass is 9.98. The van der Waals surface area contributed by atoms with Crippen molar-refractivity contribution < 1.29 is 4.79 Å². The van der Waals surface area contributed by atoms with Crippen LogP contribution in [0, 0.1) is 18.8 Å². The minimum absolute atomic E-state index is 0.121. The first-order valence-corrected chi connectivity index (χ1v) is 9.03. The van der Waals surface area contributed by atoms with E-state index >= 15 is 0 Å². The Hall–Kier alpha value is -1.72. The van der Waals surface area contributed by atoms with E-state index in [1.165, 1.54) is 11.3 Å². The molecule has 0 bridgehead atoms. The Morgan fingerprint density at radius 2 is 2.04 bits per heavy atom. The molecule has 2 aliphatic rings. The second kappa shape index (κ2) is 5.73. The van der Waals surface area contributed by atoms with Crippen LogP contribution in [0.1, 0.15) is 27.5 Å². The molecule has 1 saturated heterocycles. The van der Waals surface area contributed by atoms with Crippen molar-refractivity contribution in [2.75, 3.05) is 13.1 Å². The predicted octanol–water partition coefficient (Wildman–Crippen LogP) is 2.93. The predicted molar refractivity (Wildman–Crippen MR) is 92.4 cm³/mol. The number of aromatic nitrogens is 1. The molecule has 23 heavy (non-hydrogen) atoms. The molecule has 1 aliphatic carbocycles. The number of amides is 1. The number of nitrogens with zero attached hydrogens (tertiary/aromatic N) is 2. The fourth-order valence-corrected chi connectivity index (χ4v) is 4.89. The zero-order valence-corrected chi connectivity index (χ0v) is 14.1. The Kier molecular flexibility index (Phi) is 3.70. The summed E-state index contributed by atoms with van der Waals surface area (Å²) >= 11 is 1.50. The maximum absolute atomic E-state index is 13.0. The molecule has 2 aromatic rings. The first kappa shape index (κ1) is 14.8. The number of aryl methyl sites for hydroxylation is 1. The van der Waals surface area contributed by atoms with Gasteiger partial charge in [-0.3, -0.25) is 4.79 Å². The summed E-state index contributed by atoms with van der Waals surface area (Å²) in [6.45, 7) is 3.61. The van der Waals surface area contributed by atoms with E-state index in [1.54, 1.807) is 0 Å². The smallest absolute Gasteiger partial charge is 0.266 e. The maximum Gasteiger partial charge on any atom is 0.266 e. The lowest BCUT2D eigenvalue weighted by molar-refractivity contribution is 0.0785. The van der Waals surface area contributed by atoms with Crippen LogP contribution < -0.4 is 5.73 Å². The van der Waals surface area contributed by atoms with Gasteiger partial charge < -0.3 is 10.6 Å². The molecule has 4 nitrogen and oxygen atoms in total. The van der Waals surface area contributed by atoms with Gasteiger partial charge in [0.25, 0.3) is 5.91 Å². The molecule has 1 saturated carbocycles. The summed E-state index contributed by atoms with van der Waals surface area (Å²) in [5.74, 6) is 1.19. The third-order valence-corrected chi connectivity index (χ3v) is 6.13. The van der Waals surface area contributed by atoms with Crippen molar-refractivity contribution >= 4 is 17.2 Å². The quantitative estimate of drug-likeness (QED) is 0.922. The second-order valence-corrected chi connectivity index (χ2v) is 7.86. The van der Waals surface area contributed by atoms with Crippen molar-refractivity contribution in [3.05, 3.63) is 40.2 Å². The third kappa shape index (κ3) is 2.58. The van der Waals surface area contributed by atoms with Gasteiger partial charge in [-0.2, -0.15) is 0 Å². The van der Waals surface area contributed by atoms with Gasteiger partial charge in [0.05, 0.1) is 10.7 Å². The molecular weight excluding hydrogens is 306 g/mol. The van der Waals surface area contributed by atoms with Crippen LogP contribution in [0.3, 0.4) is 0 Å². The van der Waals surface area contributed by atoms with E-state index in [-0.39, 0.29) is 11.9 Å². The van der Waals surface area contributed by atoms with Gasteiger partial charge in [0, 0.05) is 24.7 Å². The molecule has 2 heterocycles. The summed E-state index contributed by atoms with van der Waals surface area (Å²) in [6, 6.07) is 10.2. The summed E-state index contributed by atoms with van der Waals surface area (Å²) in [4.78, 5) is 20.4. The van der Waals surface area contributed by atoms with E-state index in [4.69, 9.17) is 5.73 Å². The Bertz CT molecular complexity index is 727. The highest BCUT2D eigenvalue weighted by Crippen LogP contribution is 2.39. The number of nitrogens with two attached hydrogens (primary N) is 1. The van der Waals surface area contributed by atoms with E-state index in [2.05, 4.69) is 4.98 Å². The number of benzene rings is 1. The molecule has 0 radical (unpaired) electrons. The van der Waals surface area contributed by atoms with Gasteiger partial charge in [-0.15, -0.1) is 11.3 Å². The van der Waals surface area contributed by atoms with Crippen LogP contribution >= 0.6 is 11.3 Å². The molecule has 3 atom stereocenters. The van der Waals surface area contributed by atoms with Crippen LogP contribution in [0.2, 0.25) is 0 Å². The Morgan fingerprint density at radius 1 is 1.26 bits per heavy atom. The van der Waals surface area contributed by atoms with Crippen LogP contribution in [0.25, 0.3) is 11.3 Å². The zero-order valence-electron chi connectivity index (χ0n) is 13.2. The summed E-state index contributed by atoms with van der Waals surface area (Å²) in [5, 5.41) is 0.934. The van der Waals surface area contributed by atoms with Gasteiger partial charge in [-0.05, 0) is 31.6 Å². The number of rotatable bonds is 2. The fraction of sp³-hybridized carbons (Fsp3) is 0.444. The first-order valence-electron chi connectivity index (χ1n) is 8.21. The van der Waals surface area contributed by atoms with Gasteiger partial charge in [-0.25, -0.2) is 4.98 Å². The molecule has 0 spiro atoms. The number of likely N-dealkylation sites (tertiary alicyclic amines) is 1. The minimum atomic E-state index is 0.121. The highest BCUT2D eigenvalue weighted by Gasteiger charge is 2.43. The van der Waals surface area contributed by atoms with Crippen LogP contribution in [0.15, 0.2) is 30.3 Å². The van der Waals surface area contributed by atoms with Crippen molar-refractivity contribution in [3.63, 3.8) is 0 Å². The average Bonchev–Trinajstić information content (AvgIpc) is 3.24.